The molecule has 31 heavy (non-hydrogen) atoms. The van der Waals surface area contributed by atoms with E-state index in [1.165, 1.54) is 0 Å². The Hall–Kier alpha value is -2.97. The van der Waals surface area contributed by atoms with Gasteiger partial charge in [0, 0.05) is 19.8 Å². The highest BCUT2D eigenvalue weighted by molar-refractivity contribution is 5.87. The van der Waals surface area contributed by atoms with E-state index in [0.717, 1.165) is 17.0 Å². The first kappa shape index (κ1) is 24.3. The summed E-state index contributed by atoms with van der Waals surface area (Å²) in [7, 11) is 5.19. The number of ether oxygens (including phenoxy) is 5. The van der Waals surface area contributed by atoms with Crippen LogP contribution >= 0.6 is 0 Å². The third kappa shape index (κ3) is 8.74. The maximum atomic E-state index is 6.02. The fourth-order valence-corrected chi connectivity index (χ4v) is 2.62. The highest BCUT2D eigenvalue weighted by Gasteiger charge is 2.16. The predicted molar refractivity (Wildman–Crippen MR) is 121 cm³/mol. The quantitative estimate of drug-likeness (QED) is 0.190. The van der Waals surface area contributed by atoms with E-state index < -0.39 is 0 Å². The molecule has 1 N–H and O–H groups in total. The van der Waals surface area contributed by atoms with Gasteiger partial charge in [0.15, 0.2) is 0 Å². The molecule has 1 saturated heterocycles. The second kappa shape index (κ2) is 13.4. The van der Waals surface area contributed by atoms with Crippen molar-refractivity contribution in [1.82, 2.24) is 10.4 Å². The molecule has 0 aliphatic carbocycles. The van der Waals surface area contributed by atoms with Crippen molar-refractivity contribution in [1.29, 1.82) is 0 Å². The number of hydrazine groups is 1. The lowest BCUT2D eigenvalue weighted by Gasteiger charge is -2.25. The molecule has 1 aromatic carbocycles. The molecule has 8 nitrogen and oxygen atoms in total. The van der Waals surface area contributed by atoms with Crippen LogP contribution in [0.3, 0.4) is 0 Å². The van der Waals surface area contributed by atoms with Gasteiger partial charge in [0.25, 0.3) is 0 Å². The summed E-state index contributed by atoms with van der Waals surface area (Å²) >= 11 is 0. The van der Waals surface area contributed by atoms with Crippen LogP contribution < -0.4 is 10.2 Å². The fourth-order valence-electron chi connectivity index (χ4n) is 2.62. The van der Waals surface area contributed by atoms with Crippen molar-refractivity contribution < 1.29 is 23.7 Å². The Kier molecular flexibility index (Phi) is 10.5. The number of aliphatic imine (C=N–C) groups is 1. The standard InChI is InChI=1S/C23H33N3O5/c1-6-7-18(2)26(4)25-23(30-15-19-8-10-20(27-5)11-9-19)14-22(24-3)31-17-21-16-28-12-13-29-21/h6-11,14,21,25H,1,12-13,15-17H2,2-5H3/b18-7-,23-14?,24-22?. The Morgan fingerprint density at radius 3 is 2.68 bits per heavy atom. The Morgan fingerprint density at radius 1 is 1.29 bits per heavy atom. The largest absolute Gasteiger partial charge is 0.497 e. The average Bonchev–Trinajstić information content (AvgIpc) is 2.81. The molecule has 0 aromatic heterocycles. The van der Waals surface area contributed by atoms with Gasteiger partial charge in [-0.15, -0.1) is 0 Å². The maximum absolute atomic E-state index is 6.02. The summed E-state index contributed by atoms with van der Waals surface area (Å²) in [4.78, 5) is 4.21. The lowest BCUT2D eigenvalue weighted by atomic mass is 10.2. The molecule has 1 fully saturated rings. The lowest BCUT2D eigenvalue weighted by Crippen LogP contribution is -2.34. The molecule has 0 spiro atoms. The molecule has 1 aromatic rings. The zero-order valence-electron chi connectivity index (χ0n) is 18.8. The summed E-state index contributed by atoms with van der Waals surface area (Å²) in [5.74, 6) is 1.70. The van der Waals surface area contributed by atoms with Gasteiger partial charge in [0.2, 0.25) is 11.8 Å². The summed E-state index contributed by atoms with van der Waals surface area (Å²) < 4.78 is 28.1. The highest BCUT2D eigenvalue weighted by atomic mass is 16.6. The fraction of sp³-hybridized carbons (Fsp3) is 0.435. The Morgan fingerprint density at radius 2 is 2.06 bits per heavy atom. The molecular formula is C23H33N3O5. The highest BCUT2D eigenvalue weighted by Crippen LogP contribution is 2.13. The van der Waals surface area contributed by atoms with Gasteiger partial charge < -0.3 is 23.7 Å². The van der Waals surface area contributed by atoms with Crippen LogP contribution in [0, 0.1) is 0 Å². The Labute approximate surface area is 184 Å². The van der Waals surface area contributed by atoms with Crippen LogP contribution in [0.25, 0.3) is 0 Å². The molecule has 1 aliphatic heterocycles. The second-order valence-electron chi connectivity index (χ2n) is 6.80. The molecule has 0 saturated carbocycles. The number of hydrogen-bond acceptors (Lipinski definition) is 8. The number of nitrogens with zero attached hydrogens (tertiary/aromatic N) is 2. The van der Waals surface area contributed by atoms with Crippen molar-refractivity contribution in [2.75, 3.05) is 47.6 Å². The van der Waals surface area contributed by atoms with Crippen molar-refractivity contribution in [2.45, 2.75) is 19.6 Å². The van der Waals surface area contributed by atoms with Crippen LogP contribution in [0.1, 0.15) is 12.5 Å². The van der Waals surface area contributed by atoms with Crippen molar-refractivity contribution in [3.8, 4) is 5.75 Å². The van der Waals surface area contributed by atoms with E-state index in [2.05, 4.69) is 17.0 Å². The molecule has 8 heteroatoms. The maximum Gasteiger partial charge on any atom is 0.213 e. The minimum atomic E-state index is -0.115. The third-order valence-corrected chi connectivity index (χ3v) is 4.50. The van der Waals surface area contributed by atoms with Crippen LogP contribution in [0.4, 0.5) is 0 Å². The van der Waals surface area contributed by atoms with Crippen molar-refractivity contribution in [3.05, 3.63) is 66.2 Å². The Bertz CT molecular complexity index is 768. The molecule has 1 heterocycles. The first-order valence-electron chi connectivity index (χ1n) is 10.1. The van der Waals surface area contributed by atoms with Gasteiger partial charge in [-0.05, 0) is 30.7 Å². The van der Waals surface area contributed by atoms with Crippen LogP contribution in [0.15, 0.2) is 65.6 Å². The van der Waals surface area contributed by atoms with Gasteiger partial charge in [-0.1, -0.05) is 24.8 Å². The zero-order valence-corrected chi connectivity index (χ0v) is 18.8. The van der Waals surface area contributed by atoms with Gasteiger partial charge in [-0.25, -0.2) is 0 Å². The van der Waals surface area contributed by atoms with Gasteiger partial charge in [0.1, 0.15) is 25.1 Å². The first-order valence-corrected chi connectivity index (χ1v) is 10.1. The normalized spacial score (nSPS) is 17.7. The number of rotatable bonds is 11. The van der Waals surface area contributed by atoms with Gasteiger partial charge in [0.05, 0.1) is 33.0 Å². The molecular weight excluding hydrogens is 398 g/mol. The third-order valence-electron chi connectivity index (χ3n) is 4.50. The van der Waals surface area contributed by atoms with Gasteiger partial charge >= 0.3 is 0 Å². The van der Waals surface area contributed by atoms with E-state index in [-0.39, 0.29) is 6.10 Å². The SMILES string of the molecule is C=C/C=C(/C)N(C)NC(=CC(=NC)OCC1COCCO1)OCc1ccc(OC)cc1. The first-order chi connectivity index (χ1) is 15.0. The topological polar surface area (TPSA) is 73.8 Å². The summed E-state index contributed by atoms with van der Waals surface area (Å²) in [6.45, 7) is 8.09. The molecule has 1 aliphatic rings. The summed E-state index contributed by atoms with van der Waals surface area (Å²) in [5, 5.41) is 1.83. The average molecular weight is 432 g/mol. The minimum absolute atomic E-state index is 0.115. The van der Waals surface area contributed by atoms with Gasteiger partial charge in [-0.2, -0.15) is 0 Å². The van der Waals surface area contributed by atoms with Crippen molar-refractivity contribution >= 4 is 5.90 Å². The van der Waals surface area contributed by atoms with E-state index in [9.17, 15) is 0 Å². The molecule has 2 rings (SSSR count). The van der Waals surface area contributed by atoms with Crippen LogP contribution in [0.2, 0.25) is 0 Å². The van der Waals surface area contributed by atoms with E-state index in [0.29, 0.717) is 44.8 Å². The summed E-state index contributed by atoms with van der Waals surface area (Å²) in [5.41, 5.74) is 5.17. The van der Waals surface area contributed by atoms with E-state index in [1.54, 1.807) is 26.3 Å². The smallest absolute Gasteiger partial charge is 0.213 e. The van der Waals surface area contributed by atoms with E-state index in [1.807, 2.05) is 49.3 Å². The molecule has 0 radical (unpaired) electrons. The number of methoxy groups -OCH3 is 1. The number of allylic oxidation sites excluding steroid dienone is 3. The Balaban J connectivity index is 2.07. The number of hydrogen-bond donors (Lipinski definition) is 1. The second-order valence-corrected chi connectivity index (χ2v) is 6.80. The summed E-state index contributed by atoms with van der Waals surface area (Å²) in [6, 6.07) is 7.70. The molecule has 170 valence electrons. The molecule has 1 atom stereocenters. The molecule has 0 bridgehead atoms. The predicted octanol–water partition coefficient (Wildman–Crippen LogP) is 3.04. The summed E-state index contributed by atoms with van der Waals surface area (Å²) in [6.07, 6.45) is 5.21. The van der Waals surface area contributed by atoms with Gasteiger partial charge in [-0.3, -0.25) is 15.4 Å². The minimum Gasteiger partial charge on any atom is -0.497 e. The van der Waals surface area contributed by atoms with E-state index in [4.69, 9.17) is 23.7 Å². The zero-order chi connectivity index (χ0) is 22.5. The number of benzene rings is 1. The van der Waals surface area contributed by atoms with Crippen LogP contribution in [-0.2, 0) is 25.6 Å². The van der Waals surface area contributed by atoms with Crippen LogP contribution in [0.5, 0.6) is 5.75 Å². The number of nitrogens with one attached hydrogen (secondary N) is 1. The molecule has 1 unspecified atom stereocenters. The van der Waals surface area contributed by atoms with E-state index >= 15 is 0 Å². The monoisotopic (exact) mass is 431 g/mol. The lowest BCUT2D eigenvalue weighted by molar-refractivity contribution is -0.103. The van der Waals surface area contributed by atoms with Crippen molar-refractivity contribution in [3.63, 3.8) is 0 Å². The van der Waals surface area contributed by atoms with Crippen LogP contribution in [-0.4, -0.2) is 64.6 Å². The van der Waals surface area contributed by atoms with Crippen molar-refractivity contribution in [2.24, 2.45) is 4.99 Å². The molecule has 0 amide bonds.